The molecule has 3 heterocycles. The molecule has 0 bridgehead atoms. The predicted octanol–water partition coefficient (Wildman–Crippen LogP) is 4.24. The van der Waals surface area contributed by atoms with E-state index in [9.17, 15) is 4.79 Å². The number of para-hydroxylation sites is 1. The first-order valence-electron chi connectivity index (χ1n) is 9.63. The minimum absolute atomic E-state index is 0.114. The number of carbonyl (C=O) groups excluding carboxylic acids is 1. The van der Waals surface area contributed by atoms with E-state index in [0.717, 1.165) is 31.9 Å². The highest BCUT2D eigenvalue weighted by atomic mass is 127. The average molecular weight is 531 g/mol. The Morgan fingerprint density at radius 2 is 1.90 bits per heavy atom. The molecule has 3 N–H and O–H groups in total. The number of amides is 1. The summed E-state index contributed by atoms with van der Waals surface area (Å²) in [6.07, 6.45) is 1.78. The van der Waals surface area contributed by atoms with Gasteiger partial charge in [-0.25, -0.2) is 0 Å². The Morgan fingerprint density at radius 1 is 1.17 bits per heavy atom. The van der Waals surface area contributed by atoms with Gasteiger partial charge in [0.2, 0.25) is 5.91 Å². The number of aromatic amines is 1. The number of aromatic nitrogens is 2. The number of carbonyl (C=O) groups is 1. The molecule has 1 fully saturated rings. The van der Waals surface area contributed by atoms with Gasteiger partial charge in [0.1, 0.15) is 6.54 Å². The number of nitrogens with zero attached hydrogens (tertiary/aromatic N) is 2. The van der Waals surface area contributed by atoms with E-state index in [1.807, 2.05) is 53.4 Å². The van der Waals surface area contributed by atoms with Crippen molar-refractivity contribution in [2.24, 2.45) is 0 Å². The summed E-state index contributed by atoms with van der Waals surface area (Å²) in [6.45, 7) is 4.26. The van der Waals surface area contributed by atoms with Gasteiger partial charge >= 0.3 is 0 Å². The summed E-state index contributed by atoms with van der Waals surface area (Å²) in [6, 6.07) is 15.0. The Bertz CT molecular complexity index is 1070. The Hall–Kier alpha value is -2.46. The van der Waals surface area contributed by atoms with E-state index < -0.39 is 0 Å². The number of hydrogen-bond donors (Lipinski definition) is 3. The van der Waals surface area contributed by atoms with Gasteiger partial charge in [0, 0.05) is 32.4 Å². The zero-order valence-electron chi connectivity index (χ0n) is 16.6. The molecule has 6 nitrogen and oxygen atoms in total. The summed E-state index contributed by atoms with van der Waals surface area (Å²) in [4.78, 5) is 22.8. The van der Waals surface area contributed by atoms with Crippen LogP contribution in [0.2, 0.25) is 0 Å². The molecular formula is C22H22IN5OS. The molecule has 0 radical (unpaired) electrons. The lowest BCUT2D eigenvalue weighted by Gasteiger charge is -2.28. The zero-order chi connectivity index (χ0) is 21.3. The Kier molecular flexibility index (Phi) is 6.05. The smallest absolute Gasteiger partial charge is 0.244 e. The number of pyridine rings is 1. The number of benzene rings is 1. The largest absolute Gasteiger partial charge is 0.362 e. The molecule has 8 heteroatoms. The zero-order valence-corrected chi connectivity index (χ0v) is 19.6. The summed E-state index contributed by atoms with van der Waals surface area (Å²) in [5.74, 6) is -0.114. The third-order valence-corrected chi connectivity index (χ3v) is 6.95. The van der Waals surface area contributed by atoms with Gasteiger partial charge in [0.15, 0.2) is 5.11 Å². The quantitative estimate of drug-likeness (QED) is 0.340. The van der Waals surface area contributed by atoms with Crippen LogP contribution in [0.5, 0.6) is 0 Å². The molecule has 2 aromatic heterocycles. The van der Waals surface area contributed by atoms with E-state index in [0.29, 0.717) is 5.11 Å². The molecule has 30 heavy (non-hydrogen) atoms. The Morgan fingerprint density at radius 3 is 2.53 bits per heavy atom. The van der Waals surface area contributed by atoms with Crippen LogP contribution in [0.15, 0.2) is 54.7 Å². The van der Waals surface area contributed by atoms with Crippen molar-refractivity contribution in [3.63, 3.8) is 0 Å². The highest BCUT2D eigenvalue weighted by Gasteiger charge is 2.42. The van der Waals surface area contributed by atoms with Gasteiger partial charge in [-0.05, 0) is 72.9 Å². The van der Waals surface area contributed by atoms with E-state index in [4.69, 9.17) is 12.2 Å². The fourth-order valence-corrected chi connectivity index (χ4v) is 5.05. The van der Waals surface area contributed by atoms with Gasteiger partial charge in [-0.1, -0.05) is 24.3 Å². The molecule has 1 aliphatic heterocycles. The second kappa shape index (κ2) is 8.73. The summed E-state index contributed by atoms with van der Waals surface area (Å²) in [5, 5.41) is 6.91. The predicted molar refractivity (Wildman–Crippen MR) is 130 cm³/mol. The van der Waals surface area contributed by atoms with Crippen LogP contribution in [0, 0.1) is 17.4 Å². The number of nitrogens with one attached hydrogen (secondary N) is 3. The van der Waals surface area contributed by atoms with Crippen molar-refractivity contribution >= 4 is 51.5 Å². The Labute approximate surface area is 194 Å². The van der Waals surface area contributed by atoms with Crippen LogP contribution in [0.4, 0.5) is 5.69 Å². The van der Waals surface area contributed by atoms with Crippen molar-refractivity contribution in [3.05, 3.63) is 80.9 Å². The molecular weight excluding hydrogens is 509 g/mol. The van der Waals surface area contributed by atoms with Gasteiger partial charge in [0.25, 0.3) is 0 Å². The van der Waals surface area contributed by atoms with Gasteiger partial charge in [-0.3, -0.25) is 9.78 Å². The topological polar surface area (TPSA) is 73.0 Å². The second-order valence-electron chi connectivity index (χ2n) is 7.27. The van der Waals surface area contributed by atoms with Crippen molar-refractivity contribution in [1.29, 1.82) is 0 Å². The fourth-order valence-electron chi connectivity index (χ4n) is 3.89. The van der Waals surface area contributed by atoms with E-state index >= 15 is 0 Å². The average Bonchev–Trinajstić information content (AvgIpc) is 3.18. The third-order valence-electron chi connectivity index (χ3n) is 5.21. The molecule has 0 saturated carbocycles. The van der Waals surface area contributed by atoms with E-state index in [-0.39, 0.29) is 24.5 Å². The number of rotatable bonds is 5. The standard InChI is InChI=1S/C22H22IN5OS/c1-13-18(19(23)14(2)25-13)21-20(16-10-6-7-11-24-16)27-22(30)28(21)12-17(29)26-15-8-4-3-5-9-15/h3-11,20-21,25H,12H2,1-2H3,(H,26,29)(H,27,30)/t20-,21-/m0/s1. The maximum absolute atomic E-state index is 12.8. The van der Waals surface area contributed by atoms with E-state index in [1.54, 1.807) is 6.20 Å². The Balaban J connectivity index is 1.68. The summed E-state index contributed by atoms with van der Waals surface area (Å²) in [5.41, 5.74) is 4.98. The normalized spacial score (nSPS) is 18.4. The van der Waals surface area contributed by atoms with Gasteiger partial charge < -0.3 is 20.5 Å². The number of halogens is 1. The van der Waals surface area contributed by atoms with Crippen LogP contribution in [0.1, 0.15) is 34.7 Å². The second-order valence-corrected chi connectivity index (χ2v) is 8.74. The number of H-pyrrole nitrogens is 1. The fraction of sp³-hybridized carbons (Fsp3) is 0.227. The molecule has 0 spiro atoms. The van der Waals surface area contributed by atoms with Crippen LogP contribution < -0.4 is 10.6 Å². The highest BCUT2D eigenvalue weighted by molar-refractivity contribution is 14.1. The van der Waals surface area contributed by atoms with Gasteiger partial charge in [0.05, 0.1) is 17.8 Å². The number of thiocarbonyl (C=S) groups is 1. The lowest BCUT2D eigenvalue weighted by atomic mass is 9.97. The first kappa shape index (κ1) is 20.8. The molecule has 2 atom stereocenters. The van der Waals surface area contributed by atoms with Crippen molar-refractivity contribution in [3.8, 4) is 0 Å². The minimum atomic E-state index is -0.148. The van der Waals surface area contributed by atoms with Crippen LogP contribution in [0.3, 0.4) is 0 Å². The number of anilines is 1. The van der Waals surface area contributed by atoms with E-state index in [2.05, 4.69) is 57.0 Å². The maximum Gasteiger partial charge on any atom is 0.244 e. The molecule has 0 aliphatic carbocycles. The lowest BCUT2D eigenvalue weighted by molar-refractivity contribution is -0.116. The monoisotopic (exact) mass is 531 g/mol. The number of aryl methyl sites for hydroxylation is 2. The summed E-state index contributed by atoms with van der Waals surface area (Å²) < 4.78 is 1.15. The molecule has 0 unspecified atom stereocenters. The molecule has 1 saturated heterocycles. The molecule has 1 aliphatic rings. The first-order valence-corrected chi connectivity index (χ1v) is 11.1. The van der Waals surface area contributed by atoms with Gasteiger partial charge in [-0.2, -0.15) is 0 Å². The van der Waals surface area contributed by atoms with Crippen LogP contribution in [-0.4, -0.2) is 32.4 Å². The minimum Gasteiger partial charge on any atom is -0.362 e. The van der Waals surface area contributed by atoms with Crippen LogP contribution in [0.25, 0.3) is 0 Å². The van der Waals surface area contributed by atoms with Crippen LogP contribution >= 0.6 is 34.8 Å². The van der Waals surface area contributed by atoms with Crippen molar-refractivity contribution in [1.82, 2.24) is 20.2 Å². The van der Waals surface area contributed by atoms with E-state index in [1.165, 1.54) is 0 Å². The highest BCUT2D eigenvalue weighted by Crippen LogP contribution is 2.42. The summed E-state index contributed by atoms with van der Waals surface area (Å²) >= 11 is 8.03. The SMILES string of the molecule is Cc1[nH]c(C)c([C@H]2[C@H](c3ccccn3)NC(=S)N2CC(=O)Nc2ccccc2)c1I. The first-order chi connectivity index (χ1) is 14.5. The van der Waals surface area contributed by atoms with Gasteiger partial charge in [-0.15, -0.1) is 0 Å². The van der Waals surface area contributed by atoms with Crippen molar-refractivity contribution in [2.75, 3.05) is 11.9 Å². The summed E-state index contributed by atoms with van der Waals surface area (Å²) in [7, 11) is 0. The maximum atomic E-state index is 12.8. The number of hydrogen-bond acceptors (Lipinski definition) is 3. The molecule has 3 aromatic rings. The molecule has 4 rings (SSSR count). The van der Waals surface area contributed by atoms with Crippen molar-refractivity contribution in [2.45, 2.75) is 25.9 Å². The molecule has 1 amide bonds. The third kappa shape index (κ3) is 4.06. The van der Waals surface area contributed by atoms with Crippen molar-refractivity contribution < 1.29 is 4.79 Å². The molecule has 154 valence electrons. The molecule has 1 aromatic carbocycles. The lowest BCUT2D eigenvalue weighted by Crippen LogP contribution is -2.37. The van der Waals surface area contributed by atoms with Crippen LogP contribution in [-0.2, 0) is 4.79 Å².